The molecule has 1 spiro atoms. The molecule has 0 saturated carbocycles. The molecule has 3 aliphatic rings. The summed E-state index contributed by atoms with van der Waals surface area (Å²) in [4.78, 5) is 54.3. The van der Waals surface area contributed by atoms with E-state index in [0.29, 0.717) is 11.1 Å². The highest BCUT2D eigenvalue weighted by Crippen LogP contribution is 2.64. The Morgan fingerprint density at radius 2 is 1.62 bits per heavy atom. The van der Waals surface area contributed by atoms with Gasteiger partial charge in [-0.1, -0.05) is 60.7 Å². The summed E-state index contributed by atoms with van der Waals surface area (Å²) in [5, 5.41) is 17.9. The molecule has 1 saturated heterocycles. The monoisotopic (exact) mass is 523 g/mol. The molecule has 3 atom stereocenters. The van der Waals surface area contributed by atoms with Gasteiger partial charge in [0.15, 0.2) is 17.6 Å². The highest BCUT2D eigenvalue weighted by molar-refractivity contribution is 6.31. The molecule has 2 heterocycles. The Morgan fingerprint density at radius 3 is 2.26 bits per heavy atom. The van der Waals surface area contributed by atoms with E-state index >= 15 is 0 Å². The van der Waals surface area contributed by atoms with Gasteiger partial charge < -0.3 is 4.74 Å². The van der Waals surface area contributed by atoms with E-state index in [-0.39, 0.29) is 16.8 Å². The molecule has 196 valence electrons. The van der Waals surface area contributed by atoms with E-state index in [2.05, 4.69) is 5.10 Å². The largest absolute Gasteiger partial charge is 0.458 e. The number of nitro groups is 1. The SMILES string of the molecule is CC(C)(C)OC(=O)[C@H]1[C@H](c2cccc([N+](=O)[O-])c2)C2(C(=O)c3ccccc3C2=O)[C@@H]2c3ccccc3C=NN21. The first-order valence-corrected chi connectivity index (χ1v) is 12.6. The van der Waals surface area contributed by atoms with Crippen molar-refractivity contribution in [2.24, 2.45) is 10.5 Å². The molecule has 9 nitrogen and oxygen atoms in total. The Labute approximate surface area is 224 Å². The lowest BCUT2D eigenvalue weighted by Crippen LogP contribution is -2.44. The molecule has 2 aliphatic heterocycles. The van der Waals surface area contributed by atoms with Crippen molar-refractivity contribution in [3.05, 3.63) is 111 Å². The number of nitrogens with zero attached hydrogens (tertiary/aromatic N) is 3. The maximum atomic E-state index is 14.6. The van der Waals surface area contributed by atoms with Crippen LogP contribution < -0.4 is 0 Å². The maximum absolute atomic E-state index is 14.6. The van der Waals surface area contributed by atoms with E-state index < -0.39 is 51.5 Å². The number of benzene rings is 3. The Kier molecular flexibility index (Phi) is 5.33. The molecule has 39 heavy (non-hydrogen) atoms. The minimum atomic E-state index is -1.81. The van der Waals surface area contributed by atoms with Crippen LogP contribution >= 0.6 is 0 Å². The number of non-ortho nitro benzene ring substituents is 1. The molecule has 0 aromatic heterocycles. The number of hydrogen-bond donors (Lipinski definition) is 0. The summed E-state index contributed by atoms with van der Waals surface area (Å²) in [5.74, 6) is -2.66. The third-order valence-electron chi connectivity index (χ3n) is 7.66. The first-order valence-electron chi connectivity index (χ1n) is 12.6. The predicted molar refractivity (Wildman–Crippen MR) is 142 cm³/mol. The van der Waals surface area contributed by atoms with Crippen molar-refractivity contribution in [1.82, 2.24) is 5.01 Å². The summed E-state index contributed by atoms with van der Waals surface area (Å²) >= 11 is 0. The molecule has 0 radical (unpaired) electrons. The average molecular weight is 524 g/mol. The molecule has 6 rings (SSSR count). The Balaban J connectivity index is 1.69. The second kappa shape index (κ2) is 8.42. The van der Waals surface area contributed by atoms with Gasteiger partial charge in [0, 0.05) is 29.2 Å². The summed E-state index contributed by atoms with van der Waals surface area (Å²) < 4.78 is 5.83. The van der Waals surface area contributed by atoms with Gasteiger partial charge in [0.2, 0.25) is 0 Å². The van der Waals surface area contributed by atoms with Crippen molar-refractivity contribution < 1.29 is 24.0 Å². The number of nitro benzene ring substituents is 1. The second-order valence-corrected chi connectivity index (χ2v) is 11.0. The van der Waals surface area contributed by atoms with Crippen molar-refractivity contribution in [2.75, 3.05) is 0 Å². The van der Waals surface area contributed by atoms with Crippen LogP contribution in [0, 0.1) is 15.5 Å². The van der Waals surface area contributed by atoms with Crippen LogP contribution in [0.25, 0.3) is 0 Å². The fourth-order valence-corrected chi connectivity index (χ4v) is 6.32. The van der Waals surface area contributed by atoms with Crippen LogP contribution in [-0.2, 0) is 9.53 Å². The van der Waals surface area contributed by atoms with E-state index in [9.17, 15) is 24.5 Å². The second-order valence-electron chi connectivity index (χ2n) is 11.0. The minimum absolute atomic E-state index is 0.213. The van der Waals surface area contributed by atoms with E-state index in [1.54, 1.807) is 57.3 Å². The number of Topliss-reactive ketones (excluding diaryl/α,β-unsaturated/α-hetero) is 2. The number of fused-ring (bicyclic) bond motifs is 5. The van der Waals surface area contributed by atoms with Crippen molar-refractivity contribution in [1.29, 1.82) is 0 Å². The quantitative estimate of drug-likeness (QED) is 0.208. The smallest absolute Gasteiger partial charge is 0.331 e. The number of rotatable bonds is 3. The van der Waals surface area contributed by atoms with E-state index in [0.717, 1.165) is 5.56 Å². The van der Waals surface area contributed by atoms with Crippen LogP contribution in [0.5, 0.6) is 0 Å². The zero-order valence-corrected chi connectivity index (χ0v) is 21.5. The highest BCUT2D eigenvalue weighted by Gasteiger charge is 2.73. The molecule has 0 unspecified atom stereocenters. The maximum Gasteiger partial charge on any atom is 0.331 e. The van der Waals surface area contributed by atoms with E-state index in [1.165, 1.54) is 23.2 Å². The van der Waals surface area contributed by atoms with Gasteiger partial charge in [-0.05, 0) is 37.5 Å². The van der Waals surface area contributed by atoms with Gasteiger partial charge in [-0.25, -0.2) is 4.79 Å². The van der Waals surface area contributed by atoms with Gasteiger partial charge in [-0.15, -0.1) is 0 Å². The van der Waals surface area contributed by atoms with Crippen LogP contribution in [0.15, 0.2) is 77.9 Å². The lowest BCUT2D eigenvalue weighted by atomic mass is 9.63. The predicted octanol–water partition coefficient (Wildman–Crippen LogP) is 4.86. The molecule has 1 aliphatic carbocycles. The van der Waals surface area contributed by atoms with Crippen LogP contribution in [0.1, 0.15) is 70.1 Å². The van der Waals surface area contributed by atoms with Gasteiger partial charge in [-0.2, -0.15) is 5.10 Å². The highest BCUT2D eigenvalue weighted by atomic mass is 16.6. The molecular formula is C30H25N3O6. The lowest BCUT2D eigenvalue weighted by Gasteiger charge is -2.36. The Morgan fingerprint density at radius 1 is 0.974 bits per heavy atom. The summed E-state index contributed by atoms with van der Waals surface area (Å²) in [7, 11) is 0. The first kappa shape index (κ1) is 24.7. The molecule has 0 amide bonds. The lowest BCUT2D eigenvalue weighted by molar-refractivity contribution is -0.384. The number of hydrazone groups is 1. The summed E-state index contributed by atoms with van der Waals surface area (Å²) in [6, 6.07) is 17.5. The molecule has 9 heteroatoms. The van der Waals surface area contributed by atoms with Gasteiger partial charge in [0.05, 0.1) is 17.2 Å². The number of ether oxygens (including phenoxy) is 1. The van der Waals surface area contributed by atoms with Gasteiger partial charge in [0.25, 0.3) is 5.69 Å². The number of ketones is 2. The fraction of sp³-hybridized carbons (Fsp3) is 0.267. The molecule has 1 fully saturated rings. The fourth-order valence-electron chi connectivity index (χ4n) is 6.32. The number of esters is 1. The summed E-state index contributed by atoms with van der Waals surface area (Å²) in [5.41, 5.74) is -0.676. The van der Waals surface area contributed by atoms with E-state index in [1.807, 2.05) is 24.3 Å². The van der Waals surface area contributed by atoms with Gasteiger partial charge >= 0.3 is 5.97 Å². The van der Waals surface area contributed by atoms with Crippen molar-refractivity contribution in [2.45, 2.75) is 44.4 Å². The van der Waals surface area contributed by atoms with Crippen LogP contribution in [0.2, 0.25) is 0 Å². The summed E-state index contributed by atoms with van der Waals surface area (Å²) in [6.07, 6.45) is 1.60. The third-order valence-corrected chi connectivity index (χ3v) is 7.66. The number of carbonyl (C=O) groups is 3. The number of hydrogen-bond acceptors (Lipinski definition) is 8. The van der Waals surface area contributed by atoms with Crippen LogP contribution in [-0.4, -0.2) is 45.3 Å². The average Bonchev–Trinajstić information content (AvgIpc) is 3.34. The minimum Gasteiger partial charge on any atom is -0.458 e. The molecular weight excluding hydrogens is 498 g/mol. The molecule has 0 N–H and O–H groups in total. The van der Waals surface area contributed by atoms with Gasteiger partial charge in [0.1, 0.15) is 11.0 Å². The third kappa shape index (κ3) is 3.46. The summed E-state index contributed by atoms with van der Waals surface area (Å²) in [6.45, 7) is 5.18. The van der Waals surface area contributed by atoms with Crippen molar-refractivity contribution in [3.8, 4) is 0 Å². The van der Waals surface area contributed by atoms with Crippen LogP contribution in [0.4, 0.5) is 5.69 Å². The normalized spacial score (nSPS) is 22.4. The van der Waals surface area contributed by atoms with Crippen LogP contribution in [0.3, 0.4) is 0 Å². The zero-order chi connectivity index (χ0) is 27.7. The van der Waals surface area contributed by atoms with E-state index in [4.69, 9.17) is 4.74 Å². The van der Waals surface area contributed by atoms with Crippen molar-refractivity contribution in [3.63, 3.8) is 0 Å². The standard InChI is InChI=1S/C30H25N3O6/c1-29(2,3)39-28(36)24-23(17-10-8-11-19(15-17)33(37)38)30(26(34)21-13-6-7-14-22(21)27(30)35)25-20-12-5-4-9-18(20)16-31-32(24)25/h4-16,23-25H,1-3H3/t23-,24+,25-/m0/s1. The Bertz CT molecular complexity index is 1570. The zero-order valence-electron chi connectivity index (χ0n) is 21.5. The molecule has 3 aromatic rings. The Hall–Kier alpha value is -4.66. The molecule has 0 bridgehead atoms. The van der Waals surface area contributed by atoms with Crippen molar-refractivity contribution >= 4 is 29.4 Å². The molecule has 3 aromatic carbocycles. The topological polar surface area (TPSA) is 119 Å². The first-order chi connectivity index (χ1) is 18.6. The number of carbonyl (C=O) groups excluding carboxylic acids is 3. The van der Waals surface area contributed by atoms with Gasteiger partial charge in [-0.3, -0.25) is 24.7 Å².